The Bertz CT molecular complexity index is 477. The Morgan fingerprint density at radius 1 is 1.25 bits per heavy atom. The zero-order valence-corrected chi connectivity index (χ0v) is 11.9. The molecule has 0 aromatic carbocycles. The number of aromatic nitrogens is 2. The third-order valence-electron chi connectivity index (χ3n) is 3.48. The maximum atomic E-state index is 12.4. The summed E-state index contributed by atoms with van der Waals surface area (Å²) in [4.78, 5) is 34.5. The van der Waals surface area contributed by atoms with Crippen molar-refractivity contribution in [3.8, 4) is 0 Å². The molecule has 2 rings (SSSR count). The van der Waals surface area contributed by atoms with E-state index < -0.39 is 12.1 Å². The summed E-state index contributed by atoms with van der Waals surface area (Å²) in [5.41, 5.74) is 0. The van der Waals surface area contributed by atoms with E-state index in [0.29, 0.717) is 18.7 Å². The van der Waals surface area contributed by atoms with Gasteiger partial charge < -0.3 is 10.2 Å². The molecule has 2 heterocycles. The lowest BCUT2D eigenvalue weighted by atomic mass is 10.0. The minimum atomic E-state index is -0.431. The zero-order chi connectivity index (χ0) is 14.5. The molecule has 2 atom stereocenters. The monoisotopic (exact) mass is 276 g/mol. The number of nitrogens with zero attached hydrogens (tertiary/aromatic N) is 3. The van der Waals surface area contributed by atoms with Crippen LogP contribution in [0.5, 0.6) is 0 Å². The Hall–Kier alpha value is -1.98. The van der Waals surface area contributed by atoms with Gasteiger partial charge in [-0.05, 0) is 18.9 Å². The molecule has 1 aromatic heterocycles. The van der Waals surface area contributed by atoms with Gasteiger partial charge in [-0.25, -0.2) is 9.97 Å². The SMILES string of the molecule is CCCC1C(=O)NC(CC)C(=O)N1Cc1ncccn1. The van der Waals surface area contributed by atoms with Crippen LogP contribution in [0.15, 0.2) is 18.5 Å². The van der Waals surface area contributed by atoms with Crippen LogP contribution in [0.1, 0.15) is 38.9 Å². The van der Waals surface area contributed by atoms with Gasteiger partial charge in [-0.3, -0.25) is 9.59 Å². The fourth-order valence-corrected chi connectivity index (χ4v) is 2.41. The molecule has 6 nitrogen and oxygen atoms in total. The summed E-state index contributed by atoms with van der Waals surface area (Å²) in [7, 11) is 0. The Morgan fingerprint density at radius 3 is 2.55 bits per heavy atom. The fourth-order valence-electron chi connectivity index (χ4n) is 2.41. The molecule has 0 radical (unpaired) electrons. The highest BCUT2D eigenvalue weighted by Gasteiger charge is 2.39. The minimum Gasteiger partial charge on any atom is -0.343 e. The van der Waals surface area contributed by atoms with Crippen LogP contribution < -0.4 is 5.32 Å². The number of piperazine rings is 1. The van der Waals surface area contributed by atoms with Crippen LogP contribution in [0.2, 0.25) is 0 Å². The van der Waals surface area contributed by atoms with Crippen LogP contribution in [0, 0.1) is 0 Å². The van der Waals surface area contributed by atoms with Crippen molar-refractivity contribution < 1.29 is 9.59 Å². The fraction of sp³-hybridized carbons (Fsp3) is 0.571. The summed E-state index contributed by atoms with van der Waals surface area (Å²) in [6.45, 7) is 4.18. The van der Waals surface area contributed by atoms with E-state index in [0.717, 1.165) is 6.42 Å². The average molecular weight is 276 g/mol. The largest absolute Gasteiger partial charge is 0.343 e. The summed E-state index contributed by atoms with van der Waals surface area (Å²) in [5.74, 6) is 0.443. The lowest BCUT2D eigenvalue weighted by molar-refractivity contribution is -0.150. The number of hydrogen-bond donors (Lipinski definition) is 1. The molecule has 2 unspecified atom stereocenters. The molecule has 0 saturated carbocycles. The smallest absolute Gasteiger partial charge is 0.246 e. The van der Waals surface area contributed by atoms with Gasteiger partial charge in [0.15, 0.2) is 0 Å². The van der Waals surface area contributed by atoms with Crippen molar-refractivity contribution in [3.63, 3.8) is 0 Å². The summed E-state index contributed by atoms with van der Waals surface area (Å²) < 4.78 is 0. The maximum absolute atomic E-state index is 12.4. The first-order valence-electron chi connectivity index (χ1n) is 7.04. The van der Waals surface area contributed by atoms with E-state index in [2.05, 4.69) is 15.3 Å². The molecule has 20 heavy (non-hydrogen) atoms. The molecule has 0 bridgehead atoms. The minimum absolute atomic E-state index is 0.0435. The number of hydrogen-bond acceptors (Lipinski definition) is 4. The highest BCUT2D eigenvalue weighted by molar-refractivity contribution is 5.96. The van der Waals surface area contributed by atoms with Crippen molar-refractivity contribution in [2.75, 3.05) is 0 Å². The molecule has 2 amide bonds. The molecule has 0 spiro atoms. The van der Waals surface area contributed by atoms with Gasteiger partial charge in [-0.1, -0.05) is 20.3 Å². The first-order chi connectivity index (χ1) is 9.67. The summed E-state index contributed by atoms with van der Waals surface area (Å²) in [6.07, 6.45) is 5.37. The molecule has 1 aromatic rings. The van der Waals surface area contributed by atoms with Gasteiger partial charge in [-0.2, -0.15) is 0 Å². The van der Waals surface area contributed by atoms with Crippen molar-refractivity contribution in [3.05, 3.63) is 24.3 Å². The van der Waals surface area contributed by atoms with Crippen LogP contribution in [-0.4, -0.2) is 38.8 Å². The molecule has 0 aliphatic carbocycles. The molecule has 1 aliphatic rings. The van der Waals surface area contributed by atoms with Gasteiger partial charge in [0.05, 0.1) is 6.54 Å². The Morgan fingerprint density at radius 2 is 1.95 bits per heavy atom. The number of carbonyl (C=O) groups excluding carboxylic acids is 2. The van der Waals surface area contributed by atoms with E-state index in [1.54, 1.807) is 23.4 Å². The van der Waals surface area contributed by atoms with E-state index in [9.17, 15) is 9.59 Å². The lowest BCUT2D eigenvalue weighted by Gasteiger charge is -2.38. The molecular formula is C14H20N4O2. The van der Waals surface area contributed by atoms with E-state index in [1.807, 2.05) is 13.8 Å². The lowest BCUT2D eigenvalue weighted by Crippen LogP contribution is -2.62. The van der Waals surface area contributed by atoms with Crippen molar-refractivity contribution in [1.29, 1.82) is 0 Å². The van der Waals surface area contributed by atoms with Crippen molar-refractivity contribution in [1.82, 2.24) is 20.2 Å². The van der Waals surface area contributed by atoms with E-state index >= 15 is 0 Å². The normalized spacial score (nSPS) is 22.8. The van der Waals surface area contributed by atoms with E-state index in [4.69, 9.17) is 0 Å². The Kier molecular flexibility index (Phi) is 4.65. The van der Waals surface area contributed by atoms with Gasteiger partial charge >= 0.3 is 0 Å². The van der Waals surface area contributed by atoms with Crippen molar-refractivity contribution in [2.24, 2.45) is 0 Å². The quantitative estimate of drug-likeness (QED) is 0.866. The molecular weight excluding hydrogens is 256 g/mol. The second-order valence-electron chi connectivity index (χ2n) is 4.91. The topological polar surface area (TPSA) is 75.2 Å². The molecule has 108 valence electrons. The van der Waals surface area contributed by atoms with Gasteiger partial charge in [0.1, 0.15) is 17.9 Å². The van der Waals surface area contributed by atoms with Crippen LogP contribution in [0.3, 0.4) is 0 Å². The standard InChI is InChI=1S/C14H20N4O2/c1-3-6-11-13(19)17-10(4-2)14(20)18(11)9-12-15-7-5-8-16-12/h5,7-8,10-11H,3-4,6,9H2,1-2H3,(H,17,19). The summed E-state index contributed by atoms with van der Waals surface area (Å²) in [6, 6.07) is 0.880. The van der Waals surface area contributed by atoms with Crippen molar-refractivity contribution >= 4 is 11.8 Å². The molecule has 1 N–H and O–H groups in total. The maximum Gasteiger partial charge on any atom is 0.246 e. The Labute approximate surface area is 118 Å². The molecule has 1 saturated heterocycles. The third-order valence-corrected chi connectivity index (χ3v) is 3.48. The average Bonchev–Trinajstić information content (AvgIpc) is 2.47. The van der Waals surface area contributed by atoms with Gasteiger partial charge in [0.25, 0.3) is 0 Å². The first-order valence-corrected chi connectivity index (χ1v) is 7.04. The number of nitrogens with one attached hydrogen (secondary N) is 1. The zero-order valence-electron chi connectivity index (χ0n) is 11.9. The highest BCUT2D eigenvalue weighted by Crippen LogP contribution is 2.18. The predicted molar refractivity (Wildman–Crippen MR) is 73.5 cm³/mol. The highest BCUT2D eigenvalue weighted by atomic mass is 16.2. The van der Waals surface area contributed by atoms with Gasteiger partial charge in [0.2, 0.25) is 11.8 Å². The van der Waals surface area contributed by atoms with E-state index in [-0.39, 0.29) is 18.4 Å². The third kappa shape index (κ3) is 2.95. The second-order valence-corrected chi connectivity index (χ2v) is 4.91. The number of rotatable bonds is 5. The molecule has 1 aliphatic heterocycles. The Balaban J connectivity index is 2.22. The van der Waals surface area contributed by atoms with Crippen LogP contribution >= 0.6 is 0 Å². The van der Waals surface area contributed by atoms with Crippen LogP contribution in [0.25, 0.3) is 0 Å². The van der Waals surface area contributed by atoms with Gasteiger partial charge in [0, 0.05) is 12.4 Å². The second kappa shape index (κ2) is 6.45. The molecule has 1 fully saturated rings. The van der Waals surface area contributed by atoms with Crippen molar-refractivity contribution in [2.45, 2.75) is 51.7 Å². The van der Waals surface area contributed by atoms with Crippen LogP contribution in [-0.2, 0) is 16.1 Å². The summed E-state index contributed by atoms with van der Waals surface area (Å²) in [5, 5.41) is 2.80. The summed E-state index contributed by atoms with van der Waals surface area (Å²) >= 11 is 0. The van der Waals surface area contributed by atoms with Crippen LogP contribution in [0.4, 0.5) is 0 Å². The van der Waals surface area contributed by atoms with E-state index in [1.165, 1.54) is 0 Å². The first kappa shape index (κ1) is 14.4. The number of carbonyl (C=O) groups is 2. The number of amides is 2. The predicted octanol–water partition coefficient (Wildman–Crippen LogP) is 0.882. The molecule has 6 heteroatoms. The van der Waals surface area contributed by atoms with Gasteiger partial charge in [-0.15, -0.1) is 0 Å².